The molecule has 1 aromatic carbocycles. The maximum Gasteiger partial charge on any atom is 0.191 e. The van der Waals surface area contributed by atoms with Crippen LogP contribution in [0.2, 0.25) is 0 Å². The number of aliphatic imine (C=N–C) groups is 1. The number of halogens is 2. The second kappa shape index (κ2) is 8.17. The summed E-state index contributed by atoms with van der Waals surface area (Å²) in [6.45, 7) is 3.63. The number of rotatable bonds is 6. The molecule has 22 heavy (non-hydrogen) atoms. The quantitative estimate of drug-likeness (QED) is 0.637. The van der Waals surface area contributed by atoms with E-state index in [1.165, 1.54) is 12.1 Å². The SMILES string of the molecule is CCNC(=NCc1ccco1)NCCc1cc(F)cc(F)c1. The minimum absolute atomic E-state index is 0.428. The summed E-state index contributed by atoms with van der Waals surface area (Å²) in [6, 6.07) is 7.19. The van der Waals surface area contributed by atoms with Crippen molar-refractivity contribution in [1.29, 1.82) is 0 Å². The van der Waals surface area contributed by atoms with Crippen LogP contribution in [0.3, 0.4) is 0 Å². The first kappa shape index (κ1) is 16.0. The molecule has 4 nitrogen and oxygen atoms in total. The summed E-state index contributed by atoms with van der Waals surface area (Å²) >= 11 is 0. The number of furan rings is 1. The molecule has 0 radical (unpaired) electrons. The van der Waals surface area contributed by atoms with E-state index < -0.39 is 11.6 Å². The van der Waals surface area contributed by atoms with Gasteiger partial charge in [0.05, 0.1) is 6.26 Å². The van der Waals surface area contributed by atoms with Gasteiger partial charge in [-0.05, 0) is 43.2 Å². The molecule has 0 aliphatic rings. The van der Waals surface area contributed by atoms with Crippen LogP contribution in [-0.2, 0) is 13.0 Å². The lowest BCUT2D eigenvalue weighted by Gasteiger charge is -2.11. The fraction of sp³-hybridized carbons (Fsp3) is 0.312. The summed E-state index contributed by atoms with van der Waals surface area (Å²) in [7, 11) is 0. The van der Waals surface area contributed by atoms with Gasteiger partial charge in [-0.25, -0.2) is 13.8 Å². The van der Waals surface area contributed by atoms with Gasteiger partial charge in [-0.2, -0.15) is 0 Å². The molecule has 0 fully saturated rings. The highest BCUT2D eigenvalue weighted by molar-refractivity contribution is 5.79. The van der Waals surface area contributed by atoms with Crippen molar-refractivity contribution in [2.75, 3.05) is 13.1 Å². The smallest absolute Gasteiger partial charge is 0.191 e. The lowest BCUT2D eigenvalue weighted by Crippen LogP contribution is -2.38. The minimum atomic E-state index is -0.562. The monoisotopic (exact) mass is 307 g/mol. The van der Waals surface area contributed by atoms with Crippen LogP contribution in [0.5, 0.6) is 0 Å². The fourth-order valence-electron chi connectivity index (χ4n) is 1.98. The van der Waals surface area contributed by atoms with E-state index in [0.29, 0.717) is 31.0 Å². The average Bonchev–Trinajstić information content (AvgIpc) is 2.97. The van der Waals surface area contributed by atoms with Crippen molar-refractivity contribution in [1.82, 2.24) is 10.6 Å². The molecule has 1 aromatic heterocycles. The van der Waals surface area contributed by atoms with Crippen molar-refractivity contribution >= 4 is 5.96 Å². The Morgan fingerprint density at radius 2 is 1.95 bits per heavy atom. The average molecular weight is 307 g/mol. The lowest BCUT2D eigenvalue weighted by atomic mass is 10.1. The van der Waals surface area contributed by atoms with Crippen LogP contribution in [0.25, 0.3) is 0 Å². The highest BCUT2D eigenvalue weighted by atomic mass is 19.1. The van der Waals surface area contributed by atoms with E-state index in [2.05, 4.69) is 15.6 Å². The Morgan fingerprint density at radius 3 is 2.59 bits per heavy atom. The van der Waals surface area contributed by atoms with Crippen LogP contribution in [0.15, 0.2) is 46.0 Å². The maximum atomic E-state index is 13.1. The van der Waals surface area contributed by atoms with Gasteiger partial charge < -0.3 is 15.1 Å². The van der Waals surface area contributed by atoms with Gasteiger partial charge in [-0.3, -0.25) is 0 Å². The third-order valence-corrected chi connectivity index (χ3v) is 2.95. The van der Waals surface area contributed by atoms with Crippen molar-refractivity contribution in [3.8, 4) is 0 Å². The highest BCUT2D eigenvalue weighted by Gasteiger charge is 2.02. The van der Waals surface area contributed by atoms with Crippen molar-refractivity contribution in [2.45, 2.75) is 19.9 Å². The van der Waals surface area contributed by atoms with Gasteiger partial charge >= 0.3 is 0 Å². The second-order valence-corrected chi connectivity index (χ2v) is 4.73. The van der Waals surface area contributed by atoms with Gasteiger partial charge in [0.1, 0.15) is 23.9 Å². The molecule has 2 N–H and O–H groups in total. The molecule has 0 spiro atoms. The van der Waals surface area contributed by atoms with E-state index in [1.54, 1.807) is 6.26 Å². The minimum Gasteiger partial charge on any atom is -0.467 e. The number of nitrogens with one attached hydrogen (secondary N) is 2. The van der Waals surface area contributed by atoms with Gasteiger partial charge in [-0.15, -0.1) is 0 Å². The van der Waals surface area contributed by atoms with E-state index >= 15 is 0 Å². The molecule has 0 saturated heterocycles. The number of benzene rings is 1. The van der Waals surface area contributed by atoms with Gasteiger partial charge in [-0.1, -0.05) is 0 Å². The Bertz CT molecular complexity index is 592. The molecule has 0 unspecified atom stereocenters. The van der Waals surface area contributed by atoms with Crippen LogP contribution in [0, 0.1) is 11.6 Å². The van der Waals surface area contributed by atoms with Crippen LogP contribution in [0.4, 0.5) is 8.78 Å². The summed E-state index contributed by atoms with van der Waals surface area (Å²) in [6.07, 6.45) is 2.10. The molecule has 118 valence electrons. The Kier molecular flexibility index (Phi) is 5.94. The zero-order valence-electron chi connectivity index (χ0n) is 12.4. The van der Waals surface area contributed by atoms with Crippen LogP contribution in [0.1, 0.15) is 18.2 Å². The summed E-state index contributed by atoms with van der Waals surface area (Å²) in [4.78, 5) is 4.37. The number of nitrogens with zero attached hydrogens (tertiary/aromatic N) is 1. The Balaban J connectivity index is 1.87. The van der Waals surface area contributed by atoms with Crippen LogP contribution < -0.4 is 10.6 Å². The van der Waals surface area contributed by atoms with Crippen LogP contribution in [-0.4, -0.2) is 19.0 Å². The Morgan fingerprint density at radius 1 is 1.18 bits per heavy atom. The molecule has 2 rings (SSSR count). The van der Waals surface area contributed by atoms with Gasteiger partial charge in [0.2, 0.25) is 0 Å². The molecule has 0 amide bonds. The molecule has 0 bridgehead atoms. The van der Waals surface area contributed by atoms with Gasteiger partial charge in [0.15, 0.2) is 5.96 Å². The molecule has 2 aromatic rings. The summed E-state index contributed by atoms with van der Waals surface area (Å²) < 4.78 is 31.4. The normalized spacial score (nSPS) is 11.5. The zero-order chi connectivity index (χ0) is 15.8. The van der Waals surface area contributed by atoms with E-state index in [9.17, 15) is 8.78 Å². The zero-order valence-corrected chi connectivity index (χ0v) is 12.4. The van der Waals surface area contributed by atoms with Gasteiger partial charge in [0, 0.05) is 19.2 Å². The molecule has 0 saturated carbocycles. The predicted octanol–water partition coefficient (Wildman–Crippen LogP) is 2.86. The number of guanidine groups is 1. The highest BCUT2D eigenvalue weighted by Crippen LogP contribution is 2.08. The third kappa shape index (κ3) is 5.20. The topological polar surface area (TPSA) is 49.6 Å². The summed E-state index contributed by atoms with van der Waals surface area (Å²) in [5.74, 6) is 0.280. The number of hydrogen-bond acceptors (Lipinski definition) is 2. The summed E-state index contributed by atoms with van der Waals surface area (Å²) in [5, 5.41) is 6.23. The molecule has 0 atom stereocenters. The lowest BCUT2D eigenvalue weighted by molar-refractivity contribution is 0.512. The Labute approximate surface area is 128 Å². The largest absolute Gasteiger partial charge is 0.467 e. The van der Waals surface area contributed by atoms with E-state index in [1.807, 2.05) is 19.1 Å². The second-order valence-electron chi connectivity index (χ2n) is 4.73. The first-order valence-corrected chi connectivity index (χ1v) is 7.17. The Hall–Kier alpha value is -2.37. The van der Waals surface area contributed by atoms with Crippen molar-refractivity contribution in [3.63, 3.8) is 0 Å². The van der Waals surface area contributed by atoms with E-state index in [-0.39, 0.29) is 0 Å². The third-order valence-electron chi connectivity index (χ3n) is 2.95. The summed E-state index contributed by atoms with van der Waals surface area (Å²) in [5.41, 5.74) is 0.604. The fourth-order valence-corrected chi connectivity index (χ4v) is 1.98. The first-order chi connectivity index (χ1) is 10.7. The molecule has 0 aliphatic heterocycles. The van der Waals surface area contributed by atoms with E-state index in [4.69, 9.17) is 4.42 Å². The van der Waals surface area contributed by atoms with E-state index in [0.717, 1.165) is 18.4 Å². The first-order valence-electron chi connectivity index (χ1n) is 7.17. The van der Waals surface area contributed by atoms with Crippen molar-refractivity contribution in [2.24, 2.45) is 4.99 Å². The number of hydrogen-bond donors (Lipinski definition) is 2. The van der Waals surface area contributed by atoms with Gasteiger partial charge in [0.25, 0.3) is 0 Å². The molecule has 1 heterocycles. The molecular weight excluding hydrogens is 288 g/mol. The standard InChI is InChI=1S/C16H19F2N3O/c1-2-19-16(21-11-15-4-3-7-22-15)20-6-5-12-8-13(17)10-14(18)9-12/h3-4,7-10H,2,5-6,11H2,1H3,(H2,19,20,21). The van der Waals surface area contributed by atoms with Crippen LogP contribution >= 0.6 is 0 Å². The molecule has 6 heteroatoms. The molecule has 0 aliphatic carbocycles. The molecular formula is C16H19F2N3O. The van der Waals surface area contributed by atoms with Crippen molar-refractivity contribution < 1.29 is 13.2 Å². The predicted molar refractivity (Wildman–Crippen MR) is 81.6 cm³/mol. The van der Waals surface area contributed by atoms with Crippen molar-refractivity contribution in [3.05, 3.63) is 59.6 Å². The maximum absolute atomic E-state index is 13.1.